The summed E-state index contributed by atoms with van der Waals surface area (Å²) in [4.78, 5) is 21.8. The Morgan fingerprint density at radius 3 is 2.89 bits per heavy atom. The lowest BCUT2D eigenvalue weighted by atomic mass is 10.1. The second-order valence-electron chi connectivity index (χ2n) is 3.87. The topological polar surface area (TPSA) is 120 Å². The molecule has 0 amide bonds. The Morgan fingerprint density at radius 1 is 1.47 bits per heavy atom. The summed E-state index contributed by atoms with van der Waals surface area (Å²) in [7, 11) is 0. The molecule has 3 N–H and O–H groups in total. The minimum absolute atomic E-state index is 0.0218. The van der Waals surface area contributed by atoms with Gasteiger partial charge in [0.05, 0.1) is 11.0 Å². The Bertz CT molecular complexity index is 589. The van der Waals surface area contributed by atoms with Gasteiger partial charge in [-0.25, -0.2) is 4.98 Å². The molecule has 0 aromatic carbocycles. The van der Waals surface area contributed by atoms with Gasteiger partial charge >= 0.3 is 5.69 Å². The molecule has 8 nitrogen and oxygen atoms in total. The number of nitrogens with zero attached hydrogens (tertiary/aromatic N) is 4. The van der Waals surface area contributed by atoms with Crippen molar-refractivity contribution in [3.05, 3.63) is 46.4 Å². The molecular weight excluding hydrogens is 248 g/mol. The van der Waals surface area contributed by atoms with Gasteiger partial charge in [-0.05, 0) is 18.6 Å². The van der Waals surface area contributed by atoms with E-state index in [0.29, 0.717) is 0 Å². The first kappa shape index (κ1) is 12.7. The third-order valence-corrected chi connectivity index (χ3v) is 2.52. The molecule has 2 rings (SSSR count). The number of anilines is 2. The van der Waals surface area contributed by atoms with Crippen molar-refractivity contribution in [2.24, 2.45) is 0 Å². The average molecular weight is 260 g/mol. The van der Waals surface area contributed by atoms with Crippen molar-refractivity contribution >= 4 is 17.5 Å². The molecule has 1 unspecified atom stereocenters. The van der Waals surface area contributed by atoms with E-state index in [-0.39, 0.29) is 23.5 Å². The van der Waals surface area contributed by atoms with Gasteiger partial charge in [-0.15, -0.1) is 0 Å². The lowest BCUT2D eigenvalue weighted by molar-refractivity contribution is -0.384. The van der Waals surface area contributed by atoms with Crippen molar-refractivity contribution in [2.45, 2.75) is 13.0 Å². The molecule has 98 valence electrons. The highest BCUT2D eigenvalue weighted by atomic mass is 16.6. The predicted octanol–water partition coefficient (Wildman–Crippen LogP) is 1.54. The van der Waals surface area contributed by atoms with Crippen LogP contribution in [0.15, 0.2) is 30.7 Å². The van der Waals surface area contributed by atoms with Crippen molar-refractivity contribution in [2.75, 3.05) is 11.1 Å². The molecule has 8 heteroatoms. The van der Waals surface area contributed by atoms with Gasteiger partial charge in [-0.3, -0.25) is 15.1 Å². The molecule has 0 aliphatic heterocycles. The Balaban J connectivity index is 2.28. The second-order valence-corrected chi connectivity index (χ2v) is 3.87. The van der Waals surface area contributed by atoms with Crippen LogP contribution in [0, 0.1) is 10.1 Å². The first-order valence-corrected chi connectivity index (χ1v) is 5.51. The Kier molecular flexibility index (Phi) is 3.51. The number of nitro groups is 1. The van der Waals surface area contributed by atoms with Crippen LogP contribution in [0.5, 0.6) is 0 Å². The smallest absolute Gasteiger partial charge is 0.329 e. The lowest BCUT2D eigenvalue weighted by Crippen LogP contribution is -2.11. The summed E-state index contributed by atoms with van der Waals surface area (Å²) in [5.74, 6) is 0.0698. The molecule has 0 saturated heterocycles. The number of rotatable bonds is 4. The summed E-state index contributed by atoms with van der Waals surface area (Å²) in [6.45, 7) is 1.85. The van der Waals surface area contributed by atoms with Crippen molar-refractivity contribution in [3.63, 3.8) is 0 Å². The van der Waals surface area contributed by atoms with Crippen LogP contribution in [0.3, 0.4) is 0 Å². The highest BCUT2D eigenvalue weighted by Crippen LogP contribution is 2.25. The number of pyridine rings is 1. The molecule has 0 bridgehead atoms. The molecule has 2 heterocycles. The maximum atomic E-state index is 10.9. The van der Waals surface area contributed by atoms with Gasteiger partial charge in [0.25, 0.3) is 0 Å². The van der Waals surface area contributed by atoms with E-state index in [4.69, 9.17) is 5.73 Å². The highest BCUT2D eigenvalue weighted by Gasteiger charge is 2.18. The van der Waals surface area contributed by atoms with Crippen molar-refractivity contribution < 1.29 is 4.92 Å². The van der Waals surface area contributed by atoms with Crippen molar-refractivity contribution in [1.82, 2.24) is 15.0 Å². The Hall–Kier alpha value is -2.77. The molecular formula is C11H12N6O2. The molecule has 0 aliphatic rings. The van der Waals surface area contributed by atoms with Gasteiger partial charge in [0.2, 0.25) is 11.8 Å². The molecule has 0 radical (unpaired) electrons. The highest BCUT2D eigenvalue weighted by molar-refractivity contribution is 5.57. The zero-order valence-electron chi connectivity index (χ0n) is 10.1. The largest absolute Gasteiger partial charge is 0.368 e. The summed E-state index contributed by atoms with van der Waals surface area (Å²) in [6, 6.07) is 3.46. The monoisotopic (exact) mass is 260 g/mol. The first-order valence-electron chi connectivity index (χ1n) is 5.51. The maximum Gasteiger partial charge on any atom is 0.329 e. The molecule has 1 atom stereocenters. The standard InChI is InChI=1S/C11H12N6O2/c1-7(8-3-2-4-13-5-8)15-10-9(17(18)19)6-14-11(12)16-10/h2-7H,1H3,(H3,12,14,15,16). The third-order valence-electron chi connectivity index (χ3n) is 2.52. The Labute approximate surface area is 108 Å². The van der Waals surface area contributed by atoms with Crippen LogP contribution in [0.4, 0.5) is 17.5 Å². The summed E-state index contributed by atoms with van der Waals surface area (Å²) in [5, 5.41) is 13.8. The van der Waals surface area contributed by atoms with E-state index in [2.05, 4.69) is 20.3 Å². The molecule has 2 aromatic heterocycles. The fourth-order valence-corrected chi connectivity index (χ4v) is 1.55. The van der Waals surface area contributed by atoms with E-state index in [1.54, 1.807) is 18.5 Å². The van der Waals surface area contributed by atoms with Gasteiger partial charge in [-0.1, -0.05) is 6.07 Å². The van der Waals surface area contributed by atoms with E-state index >= 15 is 0 Å². The first-order chi connectivity index (χ1) is 9.08. The molecule has 19 heavy (non-hydrogen) atoms. The Morgan fingerprint density at radius 2 is 2.26 bits per heavy atom. The maximum absolute atomic E-state index is 10.9. The minimum atomic E-state index is -0.558. The summed E-state index contributed by atoms with van der Waals surface area (Å²) >= 11 is 0. The van der Waals surface area contributed by atoms with Crippen LogP contribution >= 0.6 is 0 Å². The van der Waals surface area contributed by atoms with E-state index in [1.807, 2.05) is 13.0 Å². The van der Waals surface area contributed by atoms with Gasteiger partial charge in [-0.2, -0.15) is 4.98 Å². The van der Waals surface area contributed by atoms with Gasteiger partial charge < -0.3 is 11.1 Å². The van der Waals surface area contributed by atoms with E-state index in [1.165, 1.54) is 0 Å². The van der Waals surface area contributed by atoms with Crippen LogP contribution in [-0.4, -0.2) is 19.9 Å². The van der Waals surface area contributed by atoms with Crippen LogP contribution in [0.1, 0.15) is 18.5 Å². The van der Waals surface area contributed by atoms with Crippen LogP contribution in [0.2, 0.25) is 0 Å². The predicted molar refractivity (Wildman–Crippen MR) is 69.4 cm³/mol. The number of nitrogens with two attached hydrogens (primary N) is 1. The van der Waals surface area contributed by atoms with Crippen LogP contribution in [0.25, 0.3) is 0 Å². The van der Waals surface area contributed by atoms with E-state index in [0.717, 1.165) is 11.8 Å². The average Bonchev–Trinajstić information content (AvgIpc) is 2.39. The molecule has 0 aliphatic carbocycles. The number of nitrogen functional groups attached to an aromatic ring is 1. The molecule has 0 spiro atoms. The minimum Gasteiger partial charge on any atom is -0.368 e. The fourth-order valence-electron chi connectivity index (χ4n) is 1.55. The molecule has 2 aromatic rings. The SMILES string of the molecule is CC(Nc1nc(N)ncc1[N+](=O)[O-])c1cccnc1. The summed E-state index contributed by atoms with van der Waals surface area (Å²) in [6.07, 6.45) is 4.41. The number of aromatic nitrogens is 3. The zero-order chi connectivity index (χ0) is 13.8. The number of hydrogen-bond acceptors (Lipinski definition) is 7. The quantitative estimate of drug-likeness (QED) is 0.631. The third kappa shape index (κ3) is 2.92. The van der Waals surface area contributed by atoms with Gasteiger partial charge in [0, 0.05) is 12.4 Å². The van der Waals surface area contributed by atoms with Gasteiger partial charge in [0.15, 0.2) is 0 Å². The molecule has 0 fully saturated rings. The normalized spacial score (nSPS) is 11.8. The van der Waals surface area contributed by atoms with Gasteiger partial charge in [0.1, 0.15) is 6.20 Å². The zero-order valence-corrected chi connectivity index (χ0v) is 10.1. The van der Waals surface area contributed by atoms with Crippen LogP contribution in [-0.2, 0) is 0 Å². The van der Waals surface area contributed by atoms with Crippen LogP contribution < -0.4 is 11.1 Å². The van der Waals surface area contributed by atoms with E-state index < -0.39 is 4.92 Å². The molecule has 0 saturated carbocycles. The number of nitrogens with one attached hydrogen (secondary N) is 1. The lowest BCUT2D eigenvalue weighted by Gasteiger charge is -2.14. The van der Waals surface area contributed by atoms with Crippen molar-refractivity contribution in [3.8, 4) is 0 Å². The van der Waals surface area contributed by atoms with Crippen molar-refractivity contribution in [1.29, 1.82) is 0 Å². The fraction of sp³-hybridized carbons (Fsp3) is 0.182. The second kappa shape index (κ2) is 5.25. The van der Waals surface area contributed by atoms with E-state index in [9.17, 15) is 10.1 Å². The summed E-state index contributed by atoms with van der Waals surface area (Å²) < 4.78 is 0. The summed E-state index contributed by atoms with van der Waals surface area (Å²) in [5.41, 5.74) is 6.11. The number of hydrogen-bond donors (Lipinski definition) is 2.